The number of pyridine rings is 1. The van der Waals surface area contributed by atoms with E-state index in [1.54, 1.807) is 35.2 Å². The van der Waals surface area contributed by atoms with E-state index in [0.717, 1.165) is 11.3 Å². The fourth-order valence-corrected chi connectivity index (χ4v) is 3.82. The zero-order chi connectivity index (χ0) is 22.3. The third-order valence-corrected chi connectivity index (χ3v) is 5.59. The van der Waals surface area contributed by atoms with Crippen molar-refractivity contribution >= 4 is 11.9 Å². The maximum absolute atomic E-state index is 12.9. The van der Waals surface area contributed by atoms with Crippen molar-refractivity contribution in [3.05, 3.63) is 53.7 Å². The van der Waals surface area contributed by atoms with Crippen LogP contribution in [0, 0.1) is 0 Å². The highest BCUT2D eigenvalue weighted by Gasteiger charge is 2.30. The summed E-state index contributed by atoms with van der Waals surface area (Å²) >= 11 is 0. The number of rotatable bonds is 6. The molecule has 1 atom stereocenters. The van der Waals surface area contributed by atoms with Crippen molar-refractivity contribution < 1.29 is 23.8 Å². The summed E-state index contributed by atoms with van der Waals surface area (Å²) in [6.07, 6.45) is 2.07. The Kier molecular flexibility index (Phi) is 7.06. The van der Waals surface area contributed by atoms with Crippen LogP contribution in [0.3, 0.4) is 0 Å². The number of methoxy groups -OCH3 is 1. The van der Waals surface area contributed by atoms with Crippen molar-refractivity contribution in [1.82, 2.24) is 20.1 Å². The van der Waals surface area contributed by atoms with E-state index < -0.39 is 0 Å². The lowest BCUT2D eigenvalue weighted by molar-refractivity contribution is 0.0298. The van der Waals surface area contributed by atoms with Crippen LogP contribution in [-0.4, -0.2) is 79.3 Å². The highest BCUT2D eigenvalue weighted by atomic mass is 16.5. The molecule has 2 aliphatic heterocycles. The summed E-state index contributed by atoms with van der Waals surface area (Å²) in [4.78, 5) is 33.3. The second-order valence-electron chi connectivity index (χ2n) is 7.75. The van der Waals surface area contributed by atoms with Gasteiger partial charge in [-0.15, -0.1) is 0 Å². The Morgan fingerprint density at radius 2 is 2.00 bits per heavy atom. The summed E-state index contributed by atoms with van der Waals surface area (Å²) in [6, 6.07) is 10.9. The summed E-state index contributed by atoms with van der Waals surface area (Å²) in [5.74, 6) is 0.957. The second kappa shape index (κ2) is 10.3. The van der Waals surface area contributed by atoms with Gasteiger partial charge in [-0.1, -0.05) is 12.1 Å². The number of carbonyl (C=O) groups excluding carboxylic acids is 2. The molecule has 0 bridgehead atoms. The first kappa shape index (κ1) is 21.9. The van der Waals surface area contributed by atoms with Gasteiger partial charge in [0.05, 0.1) is 26.9 Å². The van der Waals surface area contributed by atoms with E-state index in [9.17, 15) is 9.59 Å². The number of morpholine rings is 1. The smallest absolute Gasteiger partial charge is 0.317 e. The number of nitrogens with zero attached hydrogens (tertiary/aromatic N) is 3. The van der Waals surface area contributed by atoms with Crippen LogP contribution in [-0.2, 0) is 11.3 Å². The van der Waals surface area contributed by atoms with Crippen LogP contribution in [0.1, 0.15) is 22.3 Å². The van der Waals surface area contributed by atoms with Gasteiger partial charge in [0, 0.05) is 38.8 Å². The minimum atomic E-state index is -0.219. The van der Waals surface area contributed by atoms with Gasteiger partial charge < -0.3 is 29.3 Å². The summed E-state index contributed by atoms with van der Waals surface area (Å²) in [7, 11) is 1.61. The molecule has 0 aliphatic carbocycles. The van der Waals surface area contributed by atoms with E-state index in [1.807, 2.05) is 24.3 Å². The monoisotopic (exact) mass is 440 g/mol. The predicted molar refractivity (Wildman–Crippen MR) is 117 cm³/mol. The Labute approximate surface area is 187 Å². The van der Waals surface area contributed by atoms with Gasteiger partial charge in [0.25, 0.3) is 5.91 Å². The number of hydrogen-bond acceptors (Lipinski definition) is 6. The lowest BCUT2D eigenvalue weighted by Crippen LogP contribution is -2.41. The van der Waals surface area contributed by atoms with Gasteiger partial charge >= 0.3 is 6.03 Å². The molecule has 170 valence electrons. The standard InChI is InChI=1S/C23H28N4O5/c1-30-18-5-2-4-17(14-18)15-25-23(29)27-9-7-19(16-27)32-21-20(6-3-8-24-21)22(28)26-10-12-31-13-11-26/h2-6,8,14,19H,7,9-13,15-16H2,1H3,(H,25,29). The van der Waals surface area contributed by atoms with Crippen LogP contribution >= 0.6 is 0 Å². The molecular formula is C23H28N4O5. The minimum absolute atomic E-state index is 0.109. The van der Waals surface area contributed by atoms with Gasteiger partial charge in [-0.2, -0.15) is 0 Å². The van der Waals surface area contributed by atoms with Crippen molar-refractivity contribution in [2.45, 2.75) is 19.1 Å². The summed E-state index contributed by atoms with van der Waals surface area (Å²) in [6.45, 7) is 3.60. The average molecular weight is 441 g/mol. The summed E-state index contributed by atoms with van der Waals surface area (Å²) < 4.78 is 16.6. The van der Waals surface area contributed by atoms with Gasteiger partial charge in [0.15, 0.2) is 0 Å². The van der Waals surface area contributed by atoms with Crippen LogP contribution in [0.15, 0.2) is 42.6 Å². The largest absolute Gasteiger partial charge is 0.497 e. The number of amides is 3. The van der Waals surface area contributed by atoms with Crippen LogP contribution in [0.25, 0.3) is 0 Å². The van der Waals surface area contributed by atoms with Gasteiger partial charge in [-0.25, -0.2) is 9.78 Å². The number of carbonyl (C=O) groups is 2. The van der Waals surface area contributed by atoms with Crippen molar-refractivity contribution in [3.8, 4) is 11.6 Å². The Morgan fingerprint density at radius 3 is 2.81 bits per heavy atom. The van der Waals surface area contributed by atoms with E-state index in [4.69, 9.17) is 14.2 Å². The molecule has 1 unspecified atom stereocenters. The first-order valence-corrected chi connectivity index (χ1v) is 10.8. The van der Waals surface area contributed by atoms with Crippen molar-refractivity contribution in [1.29, 1.82) is 0 Å². The van der Waals surface area contributed by atoms with Gasteiger partial charge in [-0.3, -0.25) is 4.79 Å². The highest BCUT2D eigenvalue weighted by molar-refractivity contribution is 5.96. The lowest BCUT2D eigenvalue weighted by atomic mass is 10.2. The van der Waals surface area contributed by atoms with E-state index in [1.165, 1.54) is 0 Å². The van der Waals surface area contributed by atoms with Gasteiger partial charge in [0.1, 0.15) is 17.4 Å². The van der Waals surface area contributed by atoms with Crippen molar-refractivity contribution in [3.63, 3.8) is 0 Å². The highest BCUT2D eigenvalue weighted by Crippen LogP contribution is 2.22. The normalized spacial score (nSPS) is 18.3. The van der Waals surface area contributed by atoms with Crippen molar-refractivity contribution in [2.24, 2.45) is 0 Å². The van der Waals surface area contributed by atoms with Crippen LogP contribution in [0.4, 0.5) is 4.79 Å². The average Bonchev–Trinajstić information content (AvgIpc) is 3.32. The van der Waals surface area contributed by atoms with E-state index in [2.05, 4.69) is 10.3 Å². The summed E-state index contributed by atoms with van der Waals surface area (Å²) in [5, 5.41) is 2.94. The number of benzene rings is 1. The number of ether oxygens (including phenoxy) is 3. The third-order valence-electron chi connectivity index (χ3n) is 5.59. The van der Waals surface area contributed by atoms with E-state index in [0.29, 0.717) is 63.8 Å². The Balaban J connectivity index is 1.32. The number of urea groups is 1. The predicted octanol–water partition coefficient (Wildman–Crippen LogP) is 1.93. The molecular weight excluding hydrogens is 412 g/mol. The first-order valence-electron chi connectivity index (χ1n) is 10.8. The fraction of sp³-hybridized carbons (Fsp3) is 0.435. The summed E-state index contributed by atoms with van der Waals surface area (Å²) in [5.41, 5.74) is 1.40. The van der Waals surface area contributed by atoms with Gasteiger partial charge in [-0.05, 0) is 29.8 Å². The molecule has 9 heteroatoms. The molecule has 2 fully saturated rings. The molecule has 0 saturated carbocycles. The lowest BCUT2D eigenvalue weighted by Gasteiger charge is -2.27. The fourth-order valence-electron chi connectivity index (χ4n) is 3.82. The molecule has 0 radical (unpaired) electrons. The van der Waals surface area contributed by atoms with E-state index in [-0.39, 0.29) is 18.0 Å². The molecule has 3 heterocycles. The molecule has 0 spiro atoms. The Bertz CT molecular complexity index is 947. The SMILES string of the molecule is COc1cccc(CNC(=O)N2CCC(Oc3ncccc3C(=O)N3CCOCC3)C2)c1. The minimum Gasteiger partial charge on any atom is -0.497 e. The number of likely N-dealkylation sites (tertiary alicyclic amines) is 1. The molecule has 4 rings (SSSR count). The Morgan fingerprint density at radius 1 is 1.16 bits per heavy atom. The maximum Gasteiger partial charge on any atom is 0.317 e. The number of nitrogens with one attached hydrogen (secondary N) is 1. The second-order valence-corrected chi connectivity index (χ2v) is 7.75. The molecule has 1 aromatic carbocycles. The van der Waals surface area contributed by atoms with Crippen molar-refractivity contribution in [2.75, 3.05) is 46.5 Å². The molecule has 3 amide bonds. The topological polar surface area (TPSA) is 93.2 Å². The molecule has 1 N–H and O–H groups in total. The van der Waals surface area contributed by atoms with Crippen LogP contribution in [0.5, 0.6) is 11.6 Å². The maximum atomic E-state index is 12.9. The number of hydrogen-bond donors (Lipinski definition) is 1. The molecule has 9 nitrogen and oxygen atoms in total. The van der Waals surface area contributed by atoms with Gasteiger partial charge in [0.2, 0.25) is 5.88 Å². The van der Waals surface area contributed by atoms with Crippen LogP contribution < -0.4 is 14.8 Å². The molecule has 2 aromatic rings. The quantitative estimate of drug-likeness (QED) is 0.738. The molecule has 2 aliphatic rings. The third kappa shape index (κ3) is 5.28. The van der Waals surface area contributed by atoms with Crippen LogP contribution in [0.2, 0.25) is 0 Å². The Hall–Kier alpha value is -3.33. The zero-order valence-corrected chi connectivity index (χ0v) is 18.2. The molecule has 32 heavy (non-hydrogen) atoms. The molecule has 2 saturated heterocycles. The van der Waals surface area contributed by atoms with E-state index >= 15 is 0 Å². The zero-order valence-electron chi connectivity index (χ0n) is 18.2. The first-order chi connectivity index (χ1) is 15.6. The molecule has 1 aromatic heterocycles. The number of aromatic nitrogens is 1.